The number of hydrogen-bond donors (Lipinski definition) is 1. The van der Waals surface area contributed by atoms with Crippen LogP contribution in [-0.2, 0) is 4.79 Å². The molecular weight excluding hydrogens is 200 g/mol. The molecule has 3 heteroatoms. The van der Waals surface area contributed by atoms with Gasteiger partial charge < -0.3 is 10.2 Å². The van der Waals surface area contributed by atoms with Crippen molar-refractivity contribution in [1.82, 2.24) is 10.2 Å². The molecule has 2 rings (SSSR count). The molecule has 0 aromatic carbocycles. The molecule has 0 saturated heterocycles. The first-order chi connectivity index (χ1) is 7.81. The van der Waals surface area contributed by atoms with E-state index in [0.717, 1.165) is 19.0 Å². The van der Waals surface area contributed by atoms with Gasteiger partial charge in [0, 0.05) is 12.6 Å². The highest BCUT2D eigenvalue weighted by Crippen LogP contribution is 2.28. The lowest BCUT2D eigenvalue weighted by Gasteiger charge is -2.25. The van der Waals surface area contributed by atoms with Crippen LogP contribution in [0, 0.1) is 5.92 Å². The number of rotatable bonds is 7. The summed E-state index contributed by atoms with van der Waals surface area (Å²) in [5.41, 5.74) is 0. The molecule has 2 saturated carbocycles. The third kappa shape index (κ3) is 3.21. The van der Waals surface area contributed by atoms with Crippen LogP contribution in [0.3, 0.4) is 0 Å². The highest BCUT2D eigenvalue weighted by atomic mass is 16.2. The summed E-state index contributed by atoms with van der Waals surface area (Å²) < 4.78 is 0. The zero-order valence-electron chi connectivity index (χ0n) is 10.4. The molecule has 0 atom stereocenters. The smallest absolute Gasteiger partial charge is 0.236 e. The lowest BCUT2D eigenvalue weighted by molar-refractivity contribution is -0.130. The second-order valence-electron chi connectivity index (χ2n) is 5.17. The van der Waals surface area contributed by atoms with Crippen LogP contribution in [0.15, 0.2) is 0 Å². The number of nitrogens with one attached hydrogen (secondary N) is 1. The molecular formula is C13H24N2O. The normalized spacial score (nSPS) is 20.6. The van der Waals surface area contributed by atoms with Gasteiger partial charge in [0.2, 0.25) is 5.91 Å². The maximum absolute atomic E-state index is 11.8. The molecule has 1 N–H and O–H groups in total. The minimum absolute atomic E-state index is 0.290. The van der Waals surface area contributed by atoms with Crippen molar-refractivity contribution in [2.75, 3.05) is 19.6 Å². The molecule has 3 nitrogen and oxygen atoms in total. The Morgan fingerprint density at radius 1 is 1.31 bits per heavy atom. The maximum atomic E-state index is 11.8. The number of amides is 1. The first kappa shape index (κ1) is 11.9. The summed E-state index contributed by atoms with van der Waals surface area (Å²) >= 11 is 0. The van der Waals surface area contributed by atoms with Crippen LogP contribution >= 0.6 is 0 Å². The zero-order valence-corrected chi connectivity index (χ0v) is 10.4. The SMILES string of the molecule is CCN(C(=O)CNCCC1CCC1)C1CC1. The van der Waals surface area contributed by atoms with E-state index in [1.54, 1.807) is 0 Å². The first-order valence-corrected chi connectivity index (χ1v) is 6.81. The van der Waals surface area contributed by atoms with Crippen LogP contribution in [0.5, 0.6) is 0 Å². The Bertz CT molecular complexity index is 234. The zero-order chi connectivity index (χ0) is 11.4. The molecule has 0 bridgehead atoms. The van der Waals surface area contributed by atoms with Crippen LogP contribution in [0.1, 0.15) is 45.4 Å². The quantitative estimate of drug-likeness (QED) is 0.669. The number of nitrogens with zero attached hydrogens (tertiary/aromatic N) is 1. The monoisotopic (exact) mass is 224 g/mol. The van der Waals surface area contributed by atoms with Gasteiger partial charge in [-0.1, -0.05) is 19.3 Å². The summed E-state index contributed by atoms with van der Waals surface area (Å²) in [5.74, 6) is 1.23. The summed E-state index contributed by atoms with van der Waals surface area (Å²) in [6.07, 6.45) is 7.89. The van der Waals surface area contributed by atoms with Gasteiger partial charge in [-0.25, -0.2) is 0 Å². The Labute approximate surface area is 98.6 Å². The van der Waals surface area contributed by atoms with Gasteiger partial charge in [-0.2, -0.15) is 0 Å². The van der Waals surface area contributed by atoms with Gasteiger partial charge in [-0.05, 0) is 38.6 Å². The standard InChI is InChI=1S/C13H24N2O/c1-2-15(12-6-7-12)13(16)10-14-9-8-11-4-3-5-11/h11-12,14H,2-10H2,1H3. The van der Waals surface area contributed by atoms with Crippen LogP contribution in [0.25, 0.3) is 0 Å². The van der Waals surface area contributed by atoms with E-state index >= 15 is 0 Å². The lowest BCUT2D eigenvalue weighted by atomic mass is 9.83. The Hall–Kier alpha value is -0.570. The number of hydrogen-bond acceptors (Lipinski definition) is 2. The topological polar surface area (TPSA) is 32.3 Å². The van der Waals surface area contributed by atoms with Gasteiger partial charge in [0.05, 0.1) is 6.54 Å². The third-order valence-corrected chi connectivity index (χ3v) is 3.88. The van der Waals surface area contributed by atoms with E-state index in [-0.39, 0.29) is 0 Å². The Balaban J connectivity index is 1.55. The van der Waals surface area contributed by atoms with E-state index in [0.29, 0.717) is 18.5 Å². The molecule has 0 aliphatic heterocycles. The molecule has 92 valence electrons. The summed E-state index contributed by atoms with van der Waals surface area (Å²) in [7, 11) is 0. The summed E-state index contributed by atoms with van der Waals surface area (Å²) in [5, 5.41) is 3.29. The van der Waals surface area contributed by atoms with E-state index in [9.17, 15) is 4.79 Å². The van der Waals surface area contributed by atoms with Gasteiger partial charge in [0.1, 0.15) is 0 Å². The van der Waals surface area contributed by atoms with Gasteiger partial charge in [0.25, 0.3) is 0 Å². The van der Waals surface area contributed by atoms with Gasteiger partial charge in [-0.3, -0.25) is 4.79 Å². The molecule has 0 spiro atoms. The van der Waals surface area contributed by atoms with Crippen molar-refractivity contribution in [2.45, 2.75) is 51.5 Å². The molecule has 0 heterocycles. The van der Waals surface area contributed by atoms with E-state index in [1.807, 2.05) is 4.90 Å². The van der Waals surface area contributed by atoms with Crippen molar-refractivity contribution in [2.24, 2.45) is 5.92 Å². The predicted molar refractivity (Wildman–Crippen MR) is 65.2 cm³/mol. The van der Waals surface area contributed by atoms with Gasteiger partial charge in [-0.15, -0.1) is 0 Å². The average molecular weight is 224 g/mol. The predicted octanol–water partition coefficient (Wildman–Crippen LogP) is 1.78. The summed E-state index contributed by atoms with van der Waals surface area (Å²) in [4.78, 5) is 13.9. The highest BCUT2D eigenvalue weighted by Gasteiger charge is 2.30. The van der Waals surface area contributed by atoms with Crippen LogP contribution in [-0.4, -0.2) is 36.5 Å². The minimum Gasteiger partial charge on any atom is -0.339 e. The number of carbonyl (C=O) groups is 1. The van der Waals surface area contributed by atoms with Crippen LogP contribution < -0.4 is 5.32 Å². The van der Waals surface area contributed by atoms with E-state index < -0.39 is 0 Å². The Kier molecular flexibility index (Phi) is 4.22. The van der Waals surface area contributed by atoms with Gasteiger partial charge >= 0.3 is 0 Å². The minimum atomic E-state index is 0.290. The number of carbonyl (C=O) groups excluding carboxylic acids is 1. The second-order valence-corrected chi connectivity index (χ2v) is 5.17. The van der Waals surface area contributed by atoms with E-state index in [2.05, 4.69) is 12.2 Å². The summed E-state index contributed by atoms with van der Waals surface area (Å²) in [6, 6.07) is 0.561. The number of likely N-dealkylation sites (N-methyl/N-ethyl adjacent to an activating group) is 1. The van der Waals surface area contributed by atoms with Crippen molar-refractivity contribution in [3.8, 4) is 0 Å². The lowest BCUT2D eigenvalue weighted by Crippen LogP contribution is -2.40. The first-order valence-electron chi connectivity index (χ1n) is 6.81. The maximum Gasteiger partial charge on any atom is 0.236 e. The average Bonchev–Trinajstić information content (AvgIpc) is 3.00. The molecule has 0 aromatic heterocycles. The molecule has 0 radical (unpaired) electrons. The largest absolute Gasteiger partial charge is 0.339 e. The van der Waals surface area contributed by atoms with Crippen LogP contribution in [0.2, 0.25) is 0 Å². The van der Waals surface area contributed by atoms with Crippen LogP contribution in [0.4, 0.5) is 0 Å². The molecule has 0 aromatic rings. The fourth-order valence-corrected chi connectivity index (χ4v) is 2.41. The van der Waals surface area contributed by atoms with E-state index in [1.165, 1.54) is 38.5 Å². The fraction of sp³-hybridized carbons (Fsp3) is 0.923. The molecule has 2 aliphatic rings. The molecule has 2 aliphatic carbocycles. The molecule has 16 heavy (non-hydrogen) atoms. The third-order valence-electron chi connectivity index (χ3n) is 3.88. The fourth-order valence-electron chi connectivity index (χ4n) is 2.41. The Morgan fingerprint density at radius 3 is 2.56 bits per heavy atom. The summed E-state index contributed by atoms with van der Waals surface area (Å²) in [6.45, 7) is 4.49. The van der Waals surface area contributed by atoms with E-state index in [4.69, 9.17) is 0 Å². The molecule has 0 unspecified atom stereocenters. The molecule has 1 amide bonds. The highest BCUT2D eigenvalue weighted by molar-refractivity contribution is 5.78. The second kappa shape index (κ2) is 5.67. The van der Waals surface area contributed by atoms with Gasteiger partial charge in [0.15, 0.2) is 0 Å². The molecule has 2 fully saturated rings. The van der Waals surface area contributed by atoms with Crippen molar-refractivity contribution >= 4 is 5.91 Å². The Morgan fingerprint density at radius 2 is 2.06 bits per heavy atom. The van der Waals surface area contributed by atoms with Crippen molar-refractivity contribution in [3.63, 3.8) is 0 Å². The van der Waals surface area contributed by atoms with Crippen molar-refractivity contribution in [1.29, 1.82) is 0 Å². The van der Waals surface area contributed by atoms with Crippen molar-refractivity contribution in [3.05, 3.63) is 0 Å². The van der Waals surface area contributed by atoms with Crippen molar-refractivity contribution < 1.29 is 4.79 Å².